The summed E-state index contributed by atoms with van der Waals surface area (Å²) in [5, 5.41) is 3.56. The van der Waals surface area contributed by atoms with Gasteiger partial charge in [0.05, 0.1) is 0 Å². The highest BCUT2D eigenvalue weighted by atomic mass is 15.1. The molecule has 0 radical (unpaired) electrons. The molecule has 1 saturated carbocycles. The molecule has 2 atom stereocenters. The topological polar surface area (TPSA) is 15.3 Å². The molecule has 2 unspecified atom stereocenters. The van der Waals surface area contributed by atoms with Gasteiger partial charge in [-0.1, -0.05) is 40.0 Å². The molecule has 0 aliphatic heterocycles. The first-order valence-corrected chi connectivity index (χ1v) is 7.60. The monoisotopic (exact) mass is 240 g/mol. The molecule has 0 saturated heterocycles. The van der Waals surface area contributed by atoms with Crippen LogP contribution in [0.3, 0.4) is 0 Å². The van der Waals surface area contributed by atoms with Crippen LogP contribution in [-0.2, 0) is 0 Å². The van der Waals surface area contributed by atoms with Crippen LogP contribution in [0.1, 0.15) is 52.9 Å². The van der Waals surface area contributed by atoms with Gasteiger partial charge < -0.3 is 10.2 Å². The van der Waals surface area contributed by atoms with Crippen LogP contribution >= 0.6 is 0 Å². The van der Waals surface area contributed by atoms with Crippen molar-refractivity contribution in [3.63, 3.8) is 0 Å². The summed E-state index contributed by atoms with van der Waals surface area (Å²) in [7, 11) is 2.14. The van der Waals surface area contributed by atoms with Crippen molar-refractivity contribution in [2.24, 2.45) is 11.8 Å². The predicted octanol–water partition coefficient (Wildman–Crippen LogP) is 3.13. The Hall–Kier alpha value is -0.0800. The summed E-state index contributed by atoms with van der Waals surface area (Å²) in [6.07, 6.45) is 7.06. The van der Waals surface area contributed by atoms with E-state index in [0.717, 1.165) is 11.8 Å². The molecule has 2 heteroatoms. The summed E-state index contributed by atoms with van der Waals surface area (Å²) < 4.78 is 0. The molecule has 1 rings (SSSR count). The number of nitrogens with zero attached hydrogens (tertiary/aromatic N) is 1. The second-order valence-electron chi connectivity index (χ2n) is 5.81. The number of likely N-dealkylation sites (N-methyl/N-ethyl adjacent to an activating group) is 2. The van der Waals surface area contributed by atoms with Crippen molar-refractivity contribution >= 4 is 0 Å². The fourth-order valence-electron chi connectivity index (χ4n) is 3.02. The van der Waals surface area contributed by atoms with Crippen molar-refractivity contribution in [1.29, 1.82) is 0 Å². The molecule has 0 amide bonds. The Balaban J connectivity index is 2.40. The third kappa shape index (κ3) is 4.97. The minimum absolute atomic E-state index is 0.710. The predicted molar refractivity (Wildman–Crippen MR) is 76.4 cm³/mol. The third-order valence-electron chi connectivity index (χ3n) is 4.51. The molecule has 102 valence electrons. The van der Waals surface area contributed by atoms with Crippen molar-refractivity contribution in [2.75, 3.05) is 26.7 Å². The van der Waals surface area contributed by atoms with Gasteiger partial charge in [-0.25, -0.2) is 0 Å². The van der Waals surface area contributed by atoms with E-state index in [1.807, 2.05) is 0 Å². The van der Waals surface area contributed by atoms with E-state index in [2.05, 4.69) is 38.0 Å². The summed E-state index contributed by atoms with van der Waals surface area (Å²) in [4.78, 5) is 2.63. The van der Waals surface area contributed by atoms with E-state index in [9.17, 15) is 0 Å². The lowest BCUT2D eigenvalue weighted by Crippen LogP contribution is -2.44. The zero-order valence-corrected chi connectivity index (χ0v) is 12.3. The first kappa shape index (κ1) is 15.0. The number of hydrogen-bond acceptors (Lipinski definition) is 2. The van der Waals surface area contributed by atoms with Crippen LogP contribution in [0.4, 0.5) is 0 Å². The largest absolute Gasteiger partial charge is 0.315 e. The molecule has 17 heavy (non-hydrogen) atoms. The Kier molecular flexibility index (Phi) is 7.14. The van der Waals surface area contributed by atoms with E-state index in [1.165, 1.54) is 51.7 Å². The van der Waals surface area contributed by atoms with E-state index in [0.29, 0.717) is 6.04 Å². The van der Waals surface area contributed by atoms with Gasteiger partial charge in [0.2, 0.25) is 0 Å². The first-order chi connectivity index (χ1) is 8.21. The van der Waals surface area contributed by atoms with Gasteiger partial charge in [-0.15, -0.1) is 0 Å². The molecule has 0 bridgehead atoms. The van der Waals surface area contributed by atoms with Gasteiger partial charge in [0.15, 0.2) is 0 Å². The lowest BCUT2D eigenvalue weighted by atomic mass is 9.97. The Morgan fingerprint density at radius 2 is 1.82 bits per heavy atom. The maximum Gasteiger partial charge on any atom is 0.0220 e. The maximum absolute atomic E-state index is 3.56. The van der Waals surface area contributed by atoms with E-state index in [-0.39, 0.29) is 0 Å². The Bertz CT molecular complexity index is 187. The molecular formula is C15H32N2. The van der Waals surface area contributed by atoms with Crippen LogP contribution in [0.2, 0.25) is 0 Å². The van der Waals surface area contributed by atoms with Gasteiger partial charge in [-0.05, 0) is 38.3 Å². The summed E-state index contributed by atoms with van der Waals surface area (Å²) in [6, 6.07) is 0.710. The molecule has 0 aromatic carbocycles. The van der Waals surface area contributed by atoms with Crippen LogP contribution in [0, 0.1) is 11.8 Å². The number of hydrogen-bond donors (Lipinski definition) is 1. The molecular weight excluding hydrogens is 208 g/mol. The van der Waals surface area contributed by atoms with Crippen molar-refractivity contribution in [2.45, 2.75) is 58.9 Å². The van der Waals surface area contributed by atoms with Crippen molar-refractivity contribution in [3.8, 4) is 0 Å². The highest BCUT2D eigenvalue weighted by Crippen LogP contribution is 2.28. The molecule has 0 heterocycles. The van der Waals surface area contributed by atoms with Crippen LogP contribution in [-0.4, -0.2) is 37.6 Å². The van der Waals surface area contributed by atoms with Gasteiger partial charge >= 0.3 is 0 Å². The average Bonchev–Trinajstić information content (AvgIpc) is 2.87. The molecule has 0 aromatic rings. The van der Waals surface area contributed by atoms with Crippen molar-refractivity contribution in [1.82, 2.24) is 10.2 Å². The van der Waals surface area contributed by atoms with E-state index >= 15 is 0 Å². The standard InChI is InChI=1S/C15H32N2/c1-5-13(3)11-17(6-2)12-15(16-4)14-9-7-8-10-14/h13-16H,5-12H2,1-4H3. The Labute approximate surface area is 108 Å². The van der Waals surface area contributed by atoms with E-state index < -0.39 is 0 Å². The SMILES string of the molecule is CCC(C)CN(CC)CC(NC)C1CCCC1. The van der Waals surface area contributed by atoms with Crippen LogP contribution < -0.4 is 5.32 Å². The lowest BCUT2D eigenvalue weighted by Gasteiger charge is -2.31. The molecule has 0 aromatic heterocycles. The van der Waals surface area contributed by atoms with E-state index in [1.54, 1.807) is 0 Å². The smallest absolute Gasteiger partial charge is 0.0220 e. The second-order valence-corrected chi connectivity index (χ2v) is 5.81. The second kappa shape index (κ2) is 8.10. The van der Waals surface area contributed by atoms with E-state index in [4.69, 9.17) is 0 Å². The maximum atomic E-state index is 3.56. The van der Waals surface area contributed by atoms with Gasteiger partial charge in [0.1, 0.15) is 0 Å². The first-order valence-electron chi connectivity index (χ1n) is 7.60. The molecule has 1 N–H and O–H groups in total. The quantitative estimate of drug-likeness (QED) is 0.701. The fraction of sp³-hybridized carbons (Fsp3) is 1.00. The fourth-order valence-corrected chi connectivity index (χ4v) is 3.02. The molecule has 1 aliphatic carbocycles. The van der Waals surface area contributed by atoms with Crippen molar-refractivity contribution in [3.05, 3.63) is 0 Å². The molecule has 1 aliphatic rings. The normalized spacial score (nSPS) is 21.0. The van der Waals surface area contributed by atoms with Crippen molar-refractivity contribution < 1.29 is 0 Å². The highest BCUT2D eigenvalue weighted by Gasteiger charge is 2.25. The summed E-state index contributed by atoms with van der Waals surface area (Å²) >= 11 is 0. The number of rotatable bonds is 8. The molecule has 1 fully saturated rings. The van der Waals surface area contributed by atoms with Gasteiger partial charge in [0.25, 0.3) is 0 Å². The summed E-state index contributed by atoms with van der Waals surface area (Å²) in [5.41, 5.74) is 0. The minimum Gasteiger partial charge on any atom is -0.315 e. The molecule has 2 nitrogen and oxygen atoms in total. The van der Waals surface area contributed by atoms with Crippen LogP contribution in [0.15, 0.2) is 0 Å². The minimum atomic E-state index is 0.710. The average molecular weight is 240 g/mol. The number of nitrogens with one attached hydrogen (secondary N) is 1. The molecule has 0 spiro atoms. The zero-order valence-electron chi connectivity index (χ0n) is 12.3. The van der Waals surface area contributed by atoms with Gasteiger partial charge in [0, 0.05) is 19.1 Å². The Morgan fingerprint density at radius 1 is 1.18 bits per heavy atom. The summed E-state index contributed by atoms with van der Waals surface area (Å²) in [5.74, 6) is 1.75. The third-order valence-corrected chi connectivity index (χ3v) is 4.51. The Morgan fingerprint density at radius 3 is 2.29 bits per heavy atom. The van der Waals surface area contributed by atoms with Gasteiger partial charge in [-0.3, -0.25) is 0 Å². The lowest BCUT2D eigenvalue weighted by molar-refractivity contribution is 0.197. The van der Waals surface area contributed by atoms with Gasteiger partial charge in [-0.2, -0.15) is 0 Å². The summed E-state index contributed by atoms with van der Waals surface area (Å²) in [6.45, 7) is 10.6. The highest BCUT2D eigenvalue weighted by molar-refractivity contribution is 4.82. The van der Waals surface area contributed by atoms with Crippen LogP contribution in [0.5, 0.6) is 0 Å². The van der Waals surface area contributed by atoms with Crippen LogP contribution in [0.25, 0.3) is 0 Å². The zero-order chi connectivity index (χ0) is 12.7.